The molecular formula is C12H10Cl3NO. The molecule has 5 heteroatoms. The van der Waals surface area contributed by atoms with Crippen LogP contribution in [0.5, 0.6) is 0 Å². The van der Waals surface area contributed by atoms with Gasteiger partial charge in [-0.3, -0.25) is 4.79 Å². The third kappa shape index (κ3) is 2.95. The third-order valence-corrected chi connectivity index (χ3v) is 3.12. The van der Waals surface area contributed by atoms with Crippen LogP contribution in [0, 0.1) is 0 Å². The van der Waals surface area contributed by atoms with Gasteiger partial charge in [-0.05, 0) is 17.5 Å². The van der Waals surface area contributed by atoms with Crippen molar-refractivity contribution in [3.63, 3.8) is 0 Å². The molecule has 0 aromatic heterocycles. The van der Waals surface area contributed by atoms with Crippen molar-refractivity contribution in [2.75, 3.05) is 0 Å². The van der Waals surface area contributed by atoms with E-state index in [0.29, 0.717) is 0 Å². The van der Waals surface area contributed by atoms with E-state index in [1.807, 2.05) is 36.4 Å². The molecule has 1 aromatic carbocycles. The second kappa shape index (κ2) is 4.89. The molecule has 0 bridgehead atoms. The fourth-order valence-corrected chi connectivity index (χ4v) is 1.97. The van der Waals surface area contributed by atoms with E-state index < -0.39 is 9.70 Å². The molecule has 1 aliphatic carbocycles. The van der Waals surface area contributed by atoms with Gasteiger partial charge in [-0.15, -0.1) is 0 Å². The number of fused-ring (bicyclic) bond motifs is 1. The molecule has 2 rings (SSSR count). The van der Waals surface area contributed by atoms with Gasteiger partial charge >= 0.3 is 0 Å². The lowest BCUT2D eigenvalue weighted by atomic mass is 9.93. The Labute approximate surface area is 115 Å². The summed E-state index contributed by atoms with van der Waals surface area (Å²) < 4.78 is -1.93. The van der Waals surface area contributed by atoms with Crippen LogP contribution >= 0.6 is 34.8 Å². The first-order valence-electron chi connectivity index (χ1n) is 5.10. The minimum absolute atomic E-state index is 0.233. The topological polar surface area (TPSA) is 29.1 Å². The standard InChI is InChI=1S/C12H10Cl3NO/c13-12(14,15)11(17)16-10-7-3-5-8-4-1-2-6-9(8)10/h1-4,6-7,10H,5H2,(H,16,17). The Morgan fingerprint density at radius 3 is 2.71 bits per heavy atom. The maximum absolute atomic E-state index is 11.6. The predicted octanol–water partition coefficient (Wildman–Crippen LogP) is 3.33. The zero-order chi connectivity index (χ0) is 12.5. The fourth-order valence-electron chi connectivity index (χ4n) is 1.81. The van der Waals surface area contributed by atoms with E-state index in [1.165, 1.54) is 5.56 Å². The summed E-state index contributed by atoms with van der Waals surface area (Å²) in [4.78, 5) is 11.6. The summed E-state index contributed by atoms with van der Waals surface area (Å²) in [6.45, 7) is 0. The maximum atomic E-state index is 11.6. The van der Waals surface area contributed by atoms with Crippen LogP contribution in [0.1, 0.15) is 17.2 Å². The van der Waals surface area contributed by atoms with Gasteiger partial charge in [-0.2, -0.15) is 0 Å². The Kier molecular flexibility index (Phi) is 3.67. The molecule has 1 unspecified atom stereocenters. The maximum Gasteiger partial charge on any atom is 0.272 e. The van der Waals surface area contributed by atoms with Crippen LogP contribution in [0.2, 0.25) is 0 Å². The summed E-state index contributed by atoms with van der Waals surface area (Å²) in [6, 6.07) is 7.64. The molecule has 0 heterocycles. The average Bonchev–Trinajstić information content (AvgIpc) is 2.28. The largest absolute Gasteiger partial charge is 0.342 e. The lowest BCUT2D eigenvalue weighted by molar-refractivity contribution is -0.120. The fraction of sp³-hybridized carbons (Fsp3) is 0.250. The van der Waals surface area contributed by atoms with Crippen molar-refractivity contribution in [2.24, 2.45) is 0 Å². The van der Waals surface area contributed by atoms with E-state index >= 15 is 0 Å². The van der Waals surface area contributed by atoms with Crippen LogP contribution < -0.4 is 5.32 Å². The van der Waals surface area contributed by atoms with Gasteiger partial charge in [-0.25, -0.2) is 0 Å². The van der Waals surface area contributed by atoms with Crippen molar-refractivity contribution in [2.45, 2.75) is 16.3 Å². The van der Waals surface area contributed by atoms with Crippen LogP contribution in [0.25, 0.3) is 0 Å². The van der Waals surface area contributed by atoms with Crippen LogP contribution in [0.3, 0.4) is 0 Å². The van der Waals surface area contributed by atoms with Crippen LogP contribution in [-0.4, -0.2) is 9.70 Å². The zero-order valence-electron chi connectivity index (χ0n) is 8.79. The van der Waals surface area contributed by atoms with E-state index in [2.05, 4.69) is 5.32 Å². The van der Waals surface area contributed by atoms with Crippen molar-refractivity contribution < 1.29 is 4.79 Å². The number of carbonyl (C=O) groups is 1. The summed E-state index contributed by atoms with van der Waals surface area (Å²) in [6.07, 6.45) is 4.75. The Hall–Kier alpha value is -0.700. The van der Waals surface area contributed by atoms with Crippen LogP contribution in [-0.2, 0) is 11.2 Å². The van der Waals surface area contributed by atoms with Crippen molar-refractivity contribution in [3.8, 4) is 0 Å². The second-order valence-corrected chi connectivity index (χ2v) is 6.06. The highest BCUT2D eigenvalue weighted by Crippen LogP contribution is 2.29. The molecule has 0 aliphatic heterocycles. The number of nitrogens with one attached hydrogen (secondary N) is 1. The Morgan fingerprint density at radius 2 is 2.00 bits per heavy atom. The summed E-state index contributed by atoms with van der Waals surface area (Å²) in [7, 11) is 0. The van der Waals surface area contributed by atoms with E-state index in [4.69, 9.17) is 34.8 Å². The van der Waals surface area contributed by atoms with Gasteiger partial charge in [0.05, 0.1) is 6.04 Å². The van der Waals surface area contributed by atoms with Crippen LogP contribution in [0.15, 0.2) is 36.4 Å². The summed E-state index contributed by atoms with van der Waals surface area (Å²) >= 11 is 16.6. The smallest absolute Gasteiger partial charge is 0.272 e. The van der Waals surface area contributed by atoms with E-state index in [-0.39, 0.29) is 6.04 Å². The number of hydrogen-bond donors (Lipinski definition) is 1. The van der Waals surface area contributed by atoms with Gasteiger partial charge in [-0.1, -0.05) is 71.2 Å². The quantitative estimate of drug-likeness (QED) is 0.624. The van der Waals surface area contributed by atoms with Gasteiger partial charge in [0.1, 0.15) is 0 Å². The minimum Gasteiger partial charge on any atom is -0.342 e. The van der Waals surface area contributed by atoms with Crippen molar-refractivity contribution in [1.82, 2.24) is 5.32 Å². The summed E-state index contributed by atoms with van der Waals surface area (Å²) in [5.41, 5.74) is 2.21. The molecule has 90 valence electrons. The Bertz CT molecular complexity index is 465. The van der Waals surface area contributed by atoms with Crippen molar-refractivity contribution in [3.05, 3.63) is 47.5 Å². The third-order valence-electron chi connectivity index (χ3n) is 2.60. The number of carbonyl (C=O) groups excluding carboxylic acids is 1. The lowest BCUT2D eigenvalue weighted by Crippen LogP contribution is -2.37. The van der Waals surface area contributed by atoms with Gasteiger partial charge in [0, 0.05) is 0 Å². The molecule has 0 radical (unpaired) electrons. The number of hydrogen-bond acceptors (Lipinski definition) is 1. The SMILES string of the molecule is O=C(NC1C=CCc2ccccc21)C(Cl)(Cl)Cl. The van der Waals surface area contributed by atoms with Gasteiger partial charge in [0.15, 0.2) is 0 Å². The lowest BCUT2D eigenvalue weighted by Gasteiger charge is -2.23. The molecule has 0 saturated heterocycles. The number of alkyl halides is 3. The van der Waals surface area contributed by atoms with Gasteiger partial charge in [0.25, 0.3) is 9.70 Å². The molecule has 0 spiro atoms. The molecule has 1 N–H and O–H groups in total. The molecule has 1 atom stereocenters. The molecule has 0 fully saturated rings. The number of allylic oxidation sites excluding steroid dienone is 1. The van der Waals surface area contributed by atoms with E-state index in [1.54, 1.807) is 0 Å². The van der Waals surface area contributed by atoms with Gasteiger partial charge < -0.3 is 5.32 Å². The molecule has 2 nitrogen and oxygen atoms in total. The predicted molar refractivity (Wildman–Crippen MR) is 70.5 cm³/mol. The molecule has 1 amide bonds. The highest BCUT2D eigenvalue weighted by Gasteiger charge is 2.32. The van der Waals surface area contributed by atoms with Crippen molar-refractivity contribution in [1.29, 1.82) is 0 Å². The monoisotopic (exact) mass is 289 g/mol. The van der Waals surface area contributed by atoms with E-state index in [0.717, 1.165) is 12.0 Å². The second-order valence-electron chi connectivity index (χ2n) is 3.78. The number of amides is 1. The molecule has 17 heavy (non-hydrogen) atoms. The molecule has 0 saturated carbocycles. The first kappa shape index (κ1) is 12.7. The summed E-state index contributed by atoms with van der Waals surface area (Å²) in [5.74, 6) is -0.617. The highest BCUT2D eigenvalue weighted by molar-refractivity contribution is 6.76. The number of halogens is 3. The average molecular weight is 291 g/mol. The summed E-state index contributed by atoms with van der Waals surface area (Å²) in [5, 5.41) is 2.69. The normalized spacial score (nSPS) is 18.6. The minimum atomic E-state index is -1.93. The molecule has 1 aromatic rings. The highest BCUT2D eigenvalue weighted by atomic mass is 35.6. The van der Waals surface area contributed by atoms with Gasteiger partial charge in [0.2, 0.25) is 0 Å². The Balaban J connectivity index is 2.20. The van der Waals surface area contributed by atoms with Crippen LogP contribution in [0.4, 0.5) is 0 Å². The first-order valence-corrected chi connectivity index (χ1v) is 6.24. The van der Waals surface area contributed by atoms with Crippen molar-refractivity contribution >= 4 is 40.7 Å². The zero-order valence-corrected chi connectivity index (χ0v) is 11.1. The van der Waals surface area contributed by atoms with E-state index in [9.17, 15) is 4.79 Å². The first-order chi connectivity index (χ1) is 7.98. The Morgan fingerprint density at radius 1 is 1.29 bits per heavy atom. The molecule has 1 aliphatic rings. The number of rotatable bonds is 1. The number of benzene rings is 1. The molecular weight excluding hydrogens is 280 g/mol.